The van der Waals surface area contributed by atoms with Crippen LogP contribution in [0, 0.1) is 11.8 Å². The molecule has 0 spiro atoms. The van der Waals surface area contributed by atoms with E-state index in [-0.39, 0.29) is 13.2 Å². The van der Waals surface area contributed by atoms with Crippen LogP contribution < -0.4 is 14.8 Å². The molecule has 0 aliphatic heterocycles. The highest BCUT2D eigenvalue weighted by molar-refractivity contribution is 5.43. The van der Waals surface area contributed by atoms with E-state index in [4.69, 9.17) is 14.6 Å². The third-order valence-electron chi connectivity index (χ3n) is 5.24. The predicted octanol–water partition coefficient (Wildman–Crippen LogP) is 2.91. The van der Waals surface area contributed by atoms with Crippen molar-refractivity contribution < 1.29 is 14.6 Å². The fraction of sp³-hybridized carbons (Fsp3) is 0.667. The van der Waals surface area contributed by atoms with Crippen molar-refractivity contribution in [2.75, 3.05) is 20.3 Å². The molecule has 4 unspecified atom stereocenters. The van der Waals surface area contributed by atoms with Gasteiger partial charge in [-0.1, -0.05) is 12.5 Å². The highest BCUT2D eigenvalue weighted by Gasteiger charge is 2.39. The van der Waals surface area contributed by atoms with Crippen molar-refractivity contribution in [1.29, 1.82) is 0 Å². The molecule has 4 atom stereocenters. The highest BCUT2D eigenvalue weighted by atomic mass is 16.5. The first-order chi connectivity index (χ1) is 10.7. The minimum atomic E-state index is 0.00704. The van der Waals surface area contributed by atoms with Crippen molar-refractivity contribution in [2.24, 2.45) is 11.8 Å². The van der Waals surface area contributed by atoms with Gasteiger partial charge in [-0.3, -0.25) is 0 Å². The van der Waals surface area contributed by atoms with Crippen molar-refractivity contribution in [2.45, 2.75) is 44.7 Å². The fourth-order valence-electron chi connectivity index (χ4n) is 4.09. The van der Waals surface area contributed by atoms with Crippen LogP contribution in [0.25, 0.3) is 0 Å². The molecule has 1 aromatic carbocycles. The number of nitrogens with one attached hydrogen (secondary N) is 1. The van der Waals surface area contributed by atoms with E-state index in [1.807, 2.05) is 12.1 Å². The summed E-state index contributed by atoms with van der Waals surface area (Å²) in [5.74, 6) is 3.25. The molecule has 2 bridgehead atoms. The number of ether oxygens (including phenoxy) is 2. The third-order valence-corrected chi connectivity index (χ3v) is 5.24. The van der Waals surface area contributed by atoms with Crippen LogP contribution in [0.5, 0.6) is 11.5 Å². The van der Waals surface area contributed by atoms with Gasteiger partial charge in [0.1, 0.15) is 6.61 Å². The molecule has 22 heavy (non-hydrogen) atoms. The topological polar surface area (TPSA) is 50.7 Å². The number of rotatable bonds is 7. The lowest BCUT2D eigenvalue weighted by molar-refractivity contribution is 0.196. The van der Waals surface area contributed by atoms with E-state index in [2.05, 4.69) is 18.3 Å². The Morgan fingerprint density at radius 1 is 1.27 bits per heavy atom. The second kappa shape index (κ2) is 6.88. The molecule has 2 N–H and O–H groups in total. The van der Waals surface area contributed by atoms with Crippen LogP contribution in [-0.4, -0.2) is 31.5 Å². The van der Waals surface area contributed by atoms with E-state index in [9.17, 15) is 0 Å². The number of benzene rings is 1. The lowest BCUT2D eigenvalue weighted by Crippen LogP contribution is -2.35. The van der Waals surface area contributed by atoms with Gasteiger partial charge in [0, 0.05) is 12.1 Å². The van der Waals surface area contributed by atoms with Crippen LogP contribution in [0.3, 0.4) is 0 Å². The van der Waals surface area contributed by atoms with E-state index in [1.165, 1.54) is 31.2 Å². The van der Waals surface area contributed by atoms with E-state index in [1.54, 1.807) is 7.11 Å². The Bertz CT molecular complexity index is 505. The number of fused-ring (bicyclic) bond motifs is 2. The standard InChI is InChI=1S/C18H27NO3/c1-12(19-16-10-13-3-4-15(16)9-13)14-5-6-17(22-8-7-20)18(11-14)21-2/h5-6,11-13,15-16,19-20H,3-4,7-10H2,1-2H3. The van der Waals surface area contributed by atoms with Crippen molar-refractivity contribution >= 4 is 0 Å². The van der Waals surface area contributed by atoms with Gasteiger partial charge in [-0.2, -0.15) is 0 Å². The number of aliphatic hydroxyl groups is 1. The molecule has 0 radical (unpaired) electrons. The van der Waals surface area contributed by atoms with E-state index in [0.29, 0.717) is 17.8 Å². The molecule has 122 valence electrons. The van der Waals surface area contributed by atoms with E-state index < -0.39 is 0 Å². The predicted molar refractivity (Wildman–Crippen MR) is 86.4 cm³/mol. The Morgan fingerprint density at radius 2 is 2.14 bits per heavy atom. The molecular weight excluding hydrogens is 278 g/mol. The van der Waals surface area contributed by atoms with Crippen LogP contribution in [0.15, 0.2) is 18.2 Å². The number of hydrogen-bond acceptors (Lipinski definition) is 4. The van der Waals surface area contributed by atoms with Gasteiger partial charge in [-0.05, 0) is 55.7 Å². The smallest absolute Gasteiger partial charge is 0.161 e. The zero-order valence-electron chi connectivity index (χ0n) is 13.5. The molecular formula is C18H27NO3. The Morgan fingerprint density at radius 3 is 2.77 bits per heavy atom. The van der Waals surface area contributed by atoms with Crippen molar-refractivity contribution in [1.82, 2.24) is 5.32 Å². The van der Waals surface area contributed by atoms with Gasteiger partial charge in [0.05, 0.1) is 13.7 Å². The number of aliphatic hydroxyl groups excluding tert-OH is 1. The Labute approximate surface area is 132 Å². The van der Waals surface area contributed by atoms with E-state index >= 15 is 0 Å². The first kappa shape index (κ1) is 15.6. The number of methoxy groups -OCH3 is 1. The summed E-state index contributed by atoms with van der Waals surface area (Å²) in [6, 6.07) is 7.04. The minimum absolute atomic E-state index is 0.00704. The van der Waals surface area contributed by atoms with Crippen LogP contribution in [0.4, 0.5) is 0 Å². The van der Waals surface area contributed by atoms with Crippen molar-refractivity contribution in [3.05, 3.63) is 23.8 Å². The first-order valence-corrected chi connectivity index (χ1v) is 8.39. The van der Waals surface area contributed by atoms with Gasteiger partial charge in [0.25, 0.3) is 0 Å². The average Bonchev–Trinajstić information content (AvgIpc) is 3.15. The molecule has 0 aromatic heterocycles. The Hall–Kier alpha value is -1.26. The molecule has 2 aliphatic rings. The van der Waals surface area contributed by atoms with E-state index in [0.717, 1.165) is 17.6 Å². The summed E-state index contributed by atoms with van der Waals surface area (Å²) in [6.07, 6.45) is 5.58. The van der Waals surface area contributed by atoms with Crippen LogP contribution >= 0.6 is 0 Å². The lowest BCUT2D eigenvalue weighted by Gasteiger charge is -2.27. The average molecular weight is 305 g/mol. The van der Waals surface area contributed by atoms with Crippen LogP contribution in [0.2, 0.25) is 0 Å². The SMILES string of the molecule is COc1cc(C(C)NC2CC3CCC2C3)ccc1OCCO. The number of hydrogen-bond donors (Lipinski definition) is 2. The normalized spacial score (nSPS) is 27.9. The molecule has 2 fully saturated rings. The minimum Gasteiger partial charge on any atom is -0.493 e. The van der Waals surface area contributed by atoms with Gasteiger partial charge < -0.3 is 19.9 Å². The van der Waals surface area contributed by atoms with Crippen LogP contribution in [-0.2, 0) is 0 Å². The van der Waals surface area contributed by atoms with Gasteiger partial charge in [0.2, 0.25) is 0 Å². The molecule has 2 aliphatic carbocycles. The summed E-state index contributed by atoms with van der Waals surface area (Å²) in [5, 5.41) is 12.7. The van der Waals surface area contributed by atoms with Gasteiger partial charge in [0.15, 0.2) is 11.5 Å². The van der Waals surface area contributed by atoms with Gasteiger partial charge in [-0.15, -0.1) is 0 Å². The second-order valence-corrected chi connectivity index (χ2v) is 6.65. The molecule has 4 nitrogen and oxygen atoms in total. The maximum Gasteiger partial charge on any atom is 0.161 e. The maximum atomic E-state index is 8.87. The summed E-state index contributed by atoms with van der Waals surface area (Å²) in [5.41, 5.74) is 1.22. The third kappa shape index (κ3) is 3.23. The molecule has 2 saturated carbocycles. The summed E-state index contributed by atoms with van der Waals surface area (Å²) in [7, 11) is 1.65. The molecule has 0 amide bonds. The largest absolute Gasteiger partial charge is 0.493 e. The molecule has 0 heterocycles. The second-order valence-electron chi connectivity index (χ2n) is 6.65. The van der Waals surface area contributed by atoms with Crippen molar-refractivity contribution in [3.63, 3.8) is 0 Å². The summed E-state index contributed by atoms with van der Waals surface area (Å²) in [6.45, 7) is 2.51. The van der Waals surface area contributed by atoms with Gasteiger partial charge in [-0.25, -0.2) is 0 Å². The summed E-state index contributed by atoms with van der Waals surface area (Å²) in [4.78, 5) is 0. The molecule has 3 rings (SSSR count). The summed E-state index contributed by atoms with van der Waals surface area (Å²) < 4.78 is 10.9. The molecule has 1 aromatic rings. The maximum absolute atomic E-state index is 8.87. The van der Waals surface area contributed by atoms with Gasteiger partial charge >= 0.3 is 0 Å². The quantitative estimate of drug-likeness (QED) is 0.813. The summed E-state index contributed by atoms with van der Waals surface area (Å²) >= 11 is 0. The van der Waals surface area contributed by atoms with Crippen molar-refractivity contribution in [3.8, 4) is 11.5 Å². The molecule has 0 saturated heterocycles. The lowest BCUT2D eigenvalue weighted by atomic mass is 9.94. The Balaban J connectivity index is 1.65. The highest BCUT2D eigenvalue weighted by Crippen LogP contribution is 2.45. The molecule has 4 heteroatoms. The fourth-order valence-corrected chi connectivity index (χ4v) is 4.09. The monoisotopic (exact) mass is 305 g/mol. The van der Waals surface area contributed by atoms with Crippen LogP contribution in [0.1, 0.15) is 44.2 Å². The first-order valence-electron chi connectivity index (χ1n) is 8.39. The zero-order chi connectivity index (χ0) is 15.5. The Kier molecular flexibility index (Phi) is 4.89. The zero-order valence-corrected chi connectivity index (χ0v) is 13.5.